The molecule has 2 nitrogen and oxygen atoms in total. The summed E-state index contributed by atoms with van der Waals surface area (Å²) in [6.07, 6.45) is -0.398. The molecule has 0 radical (unpaired) electrons. The summed E-state index contributed by atoms with van der Waals surface area (Å²) in [6.45, 7) is 4.90. The molecule has 0 unspecified atom stereocenters. The molecule has 1 atom stereocenters. The zero-order valence-electron chi connectivity index (χ0n) is 12.9. The number of aliphatic hydroxyl groups excluding tert-OH is 1. The Morgan fingerprint density at radius 3 is 2.27 bits per heavy atom. The van der Waals surface area contributed by atoms with Gasteiger partial charge in [-0.1, -0.05) is 37.6 Å². The SMILES string of the molecule is CC(C)c1ccc(NC[C@@H](O)CSc2ccc(Cl)cc2)cc1. The number of nitrogens with one attached hydrogen (secondary N) is 1. The Bertz CT molecular complexity index is 569. The first-order valence-electron chi connectivity index (χ1n) is 7.45. The highest BCUT2D eigenvalue weighted by Gasteiger charge is 2.06. The Hall–Kier alpha value is -1.16. The molecule has 0 amide bonds. The normalized spacial score (nSPS) is 12.4. The third-order valence-electron chi connectivity index (χ3n) is 3.38. The number of aliphatic hydroxyl groups is 1. The quantitative estimate of drug-likeness (QED) is 0.696. The maximum Gasteiger partial charge on any atom is 0.0806 e. The number of anilines is 1. The van der Waals surface area contributed by atoms with E-state index < -0.39 is 6.10 Å². The van der Waals surface area contributed by atoms with Crippen molar-refractivity contribution in [1.29, 1.82) is 0 Å². The molecule has 0 saturated heterocycles. The number of hydrogen-bond acceptors (Lipinski definition) is 3. The van der Waals surface area contributed by atoms with Gasteiger partial charge in [0.15, 0.2) is 0 Å². The molecule has 0 fully saturated rings. The lowest BCUT2D eigenvalue weighted by atomic mass is 10.0. The molecular formula is C18H22ClNOS. The van der Waals surface area contributed by atoms with Gasteiger partial charge in [-0.25, -0.2) is 0 Å². The van der Waals surface area contributed by atoms with Crippen LogP contribution in [0.25, 0.3) is 0 Å². The van der Waals surface area contributed by atoms with Crippen LogP contribution in [0, 0.1) is 0 Å². The predicted octanol–water partition coefficient (Wildman–Crippen LogP) is 5.03. The molecule has 2 rings (SSSR count). The van der Waals surface area contributed by atoms with Gasteiger partial charge >= 0.3 is 0 Å². The minimum Gasteiger partial charge on any atom is -0.390 e. The molecule has 2 aromatic carbocycles. The lowest BCUT2D eigenvalue weighted by Crippen LogP contribution is -2.21. The molecule has 2 aromatic rings. The molecule has 0 aliphatic heterocycles. The molecule has 22 heavy (non-hydrogen) atoms. The Kier molecular flexibility index (Phi) is 6.62. The van der Waals surface area contributed by atoms with E-state index in [1.807, 2.05) is 24.3 Å². The average Bonchev–Trinajstić information content (AvgIpc) is 2.52. The molecule has 0 bridgehead atoms. The van der Waals surface area contributed by atoms with E-state index >= 15 is 0 Å². The fourth-order valence-corrected chi connectivity index (χ4v) is 2.96. The Balaban J connectivity index is 1.75. The molecule has 0 heterocycles. The van der Waals surface area contributed by atoms with Crippen LogP contribution in [0.5, 0.6) is 0 Å². The molecule has 4 heteroatoms. The maximum atomic E-state index is 10.1. The van der Waals surface area contributed by atoms with Crippen molar-refractivity contribution in [3.63, 3.8) is 0 Å². The van der Waals surface area contributed by atoms with E-state index in [9.17, 15) is 5.11 Å². The topological polar surface area (TPSA) is 32.3 Å². The second-order valence-corrected chi connectivity index (χ2v) is 7.11. The second-order valence-electron chi connectivity index (χ2n) is 5.58. The molecular weight excluding hydrogens is 314 g/mol. The largest absolute Gasteiger partial charge is 0.390 e. The number of halogens is 1. The van der Waals surface area contributed by atoms with Crippen LogP contribution in [0.15, 0.2) is 53.4 Å². The van der Waals surface area contributed by atoms with Gasteiger partial charge in [0.1, 0.15) is 0 Å². The number of hydrogen-bond donors (Lipinski definition) is 2. The van der Waals surface area contributed by atoms with E-state index in [0.717, 1.165) is 15.6 Å². The van der Waals surface area contributed by atoms with E-state index in [-0.39, 0.29) is 0 Å². The second kappa shape index (κ2) is 8.47. The number of thioether (sulfide) groups is 1. The maximum absolute atomic E-state index is 10.1. The summed E-state index contributed by atoms with van der Waals surface area (Å²) in [6, 6.07) is 16.1. The van der Waals surface area contributed by atoms with Crippen LogP contribution < -0.4 is 5.32 Å². The van der Waals surface area contributed by atoms with Crippen molar-refractivity contribution in [2.24, 2.45) is 0 Å². The standard InChI is InChI=1S/C18H22ClNOS/c1-13(2)14-3-7-16(8-4-14)20-11-17(21)12-22-18-9-5-15(19)6-10-18/h3-10,13,17,20-21H,11-12H2,1-2H3/t17-/m1/s1. The highest BCUT2D eigenvalue weighted by atomic mass is 35.5. The van der Waals surface area contributed by atoms with E-state index in [2.05, 4.69) is 43.4 Å². The van der Waals surface area contributed by atoms with Crippen molar-refractivity contribution in [3.05, 3.63) is 59.1 Å². The zero-order valence-corrected chi connectivity index (χ0v) is 14.5. The van der Waals surface area contributed by atoms with Gasteiger partial charge in [0.05, 0.1) is 6.10 Å². The van der Waals surface area contributed by atoms with Crippen molar-refractivity contribution in [1.82, 2.24) is 0 Å². The van der Waals surface area contributed by atoms with Crippen molar-refractivity contribution in [2.45, 2.75) is 30.8 Å². The lowest BCUT2D eigenvalue weighted by Gasteiger charge is -2.13. The molecule has 2 N–H and O–H groups in total. The summed E-state index contributed by atoms with van der Waals surface area (Å²) in [5, 5.41) is 14.1. The Labute approximate surface area is 141 Å². The van der Waals surface area contributed by atoms with Gasteiger partial charge in [-0.15, -0.1) is 11.8 Å². The number of benzene rings is 2. The highest BCUT2D eigenvalue weighted by Crippen LogP contribution is 2.21. The van der Waals surface area contributed by atoms with Gasteiger partial charge < -0.3 is 10.4 Å². The van der Waals surface area contributed by atoms with E-state index in [4.69, 9.17) is 11.6 Å². The van der Waals surface area contributed by atoms with Crippen molar-refractivity contribution in [3.8, 4) is 0 Å². The van der Waals surface area contributed by atoms with Crippen LogP contribution in [0.2, 0.25) is 5.02 Å². The molecule has 118 valence electrons. The third-order valence-corrected chi connectivity index (χ3v) is 4.78. The summed E-state index contributed by atoms with van der Waals surface area (Å²) in [5.74, 6) is 1.19. The Morgan fingerprint density at radius 1 is 1.05 bits per heavy atom. The summed E-state index contributed by atoms with van der Waals surface area (Å²) in [7, 11) is 0. The van der Waals surface area contributed by atoms with Crippen molar-refractivity contribution in [2.75, 3.05) is 17.6 Å². The van der Waals surface area contributed by atoms with Crippen LogP contribution in [-0.4, -0.2) is 23.5 Å². The van der Waals surface area contributed by atoms with Gasteiger partial charge in [-0.3, -0.25) is 0 Å². The number of rotatable bonds is 7. The molecule has 0 aromatic heterocycles. The van der Waals surface area contributed by atoms with Crippen LogP contribution in [0.3, 0.4) is 0 Å². The van der Waals surface area contributed by atoms with Crippen LogP contribution in [0.4, 0.5) is 5.69 Å². The first kappa shape index (κ1) is 17.2. The molecule has 0 aliphatic carbocycles. The van der Waals surface area contributed by atoms with Crippen LogP contribution in [0.1, 0.15) is 25.3 Å². The predicted molar refractivity (Wildman–Crippen MR) is 97.2 cm³/mol. The van der Waals surface area contributed by atoms with Crippen molar-refractivity contribution < 1.29 is 5.11 Å². The molecule has 0 aliphatic rings. The summed E-state index contributed by atoms with van der Waals surface area (Å²) in [5.41, 5.74) is 2.37. The van der Waals surface area contributed by atoms with Gasteiger partial charge in [0, 0.05) is 27.9 Å². The summed E-state index contributed by atoms with van der Waals surface area (Å²) in [4.78, 5) is 1.12. The first-order valence-corrected chi connectivity index (χ1v) is 8.81. The first-order chi connectivity index (χ1) is 10.5. The highest BCUT2D eigenvalue weighted by molar-refractivity contribution is 7.99. The average molecular weight is 336 g/mol. The summed E-state index contributed by atoms with van der Waals surface area (Å²) < 4.78 is 0. The fourth-order valence-electron chi connectivity index (χ4n) is 2.00. The van der Waals surface area contributed by atoms with Gasteiger partial charge in [-0.05, 0) is 47.9 Å². The van der Waals surface area contributed by atoms with Crippen LogP contribution in [-0.2, 0) is 0 Å². The minimum absolute atomic E-state index is 0.398. The molecule has 0 spiro atoms. The smallest absolute Gasteiger partial charge is 0.0806 e. The lowest BCUT2D eigenvalue weighted by molar-refractivity contribution is 0.213. The Morgan fingerprint density at radius 2 is 1.68 bits per heavy atom. The van der Waals surface area contributed by atoms with E-state index in [1.165, 1.54) is 5.56 Å². The summed E-state index contributed by atoms with van der Waals surface area (Å²) >= 11 is 7.48. The van der Waals surface area contributed by atoms with E-state index in [0.29, 0.717) is 18.2 Å². The third kappa shape index (κ3) is 5.56. The van der Waals surface area contributed by atoms with Gasteiger partial charge in [0.25, 0.3) is 0 Å². The monoisotopic (exact) mass is 335 g/mol. The molecule has 0 saturated carbocycles. The fraction of sp³-hybridized carbons (Fsp3) is 0.333. The minimum atomic E-state index is -0.398. The van der Waals surface area contributed by atoms with Crippen LogP contribution >= 0.6 is 23.4 Å². The van der Waals surface area contributed by atoms with Crippen molar-refractivity contribution >= 4 is 29.1 Å². The zero-order chi connectivity index (χ0) is 15.9. The van der Waals surface area contributed by atoms with Gasteiger partial charge in [-0.2, -0.15) is 0 Å². The van der Waals surface area contributed by atoms with Gasteiger partial charge in [0.2, 0.25) is 0 Å². The van der Waals surface area contributed by atoms with E-state index in [1.54, 1.807) is 11.8 Å².